The van der Waals surface area contributed by atoms with E-state index in [1.807, 2.05) is 30.3 Å². The third-order valence-electron chi connectivity index (χ3n) is 4.74. The van der Waals surface area contributed by atoms with Crippen LogP contribution in [-0.2, 0) is 16.0 Å². The lowest BCUT2D eigenvalue weighted by molar-refractivity contribution is -0.115. The van der Waals surface area contributed by atoms with Gasteiger partial charge in [-0.05, 0) is 42.0 Å². The Hall–Kier alpha value is -3.52. The maximum absolute atomic E-state index is 13.0. The second-order valence-electron chi connectivity index (χ2n) is 6.95. The van der Waals surface area contributed by atoms with Crippen LogP contribution in [0.2, 0.25) is 0 Å². The minimum atomic E-state index is -0.317. The highest BCUT2D eigenvalue weighted by molar-refractivity contribution is 5.92. The Labute approximate surface area is 173 Å². The molecule has 1 amide bonds. The van der Waals surface area contributed by atoms with Crippen molar-refractivity contribution in [2.45, 2.75) is 6.42 Å². The van der Waals surface area contributed by atoms with Gasteiger partial charge in [0.05, 0.1) is 31.5 Å². The first-order valence-corrected chi connectivity index (χ1v) is 9.72. The highest BCUT2D eigenvalue weighted by atomic mass is 19.1. The first-order chi connectivity index (χ1) is 14.7. The van der Waals surface area contributed by atoms with Crippen LogP contribution in [0.15, 0.2) is 60.8 Å². The van der Waals surface area contributed by atoms with Crippen molar-refractivity contribution in [1.82, 2.24) is 10.2 Å². The molecule has 0 bridgehead atoms. The lowest BCUT2D eigenvalue weighted by Crippen LogP contribution is -2.36. The van der Waals surface area contributed by atoms with E-state index in [4.69, 9.17) is 4.74 Å². The van der Waals surface area contributed by atoms with E-state index in [2.05, 4.69) is 25.7 Å². The molecule has 2 N–H and O–H groups in total. The molecule has 154 valence electrons. The van der Waals surface area contributed by atoms with Crippen molar-refractivity contribution in [2.75, 3.05) is 41.8 Å². The Kier molecular flexibility index (Phi) is 6.14. The lowest BCUT2D eigenvalue weighted by Gasteiger charge is -2.28. The van der Waals surface area contributed by atoms with Gasteiger partial charge in [0.1, 0.15) is 5.82 Å². The molecule has 2 heterocycles. The molecular formula is C22H22FN5O2. The Morgan fingerprint density at radius 3 is 2.47 bits per heavy atom. The first kappa shape index (κ1) is 19.8. The number of hydrogen-bond acceptors (Lipinski definition) is 6. The zero-order valence-electron chi connectivity index (χ0n) is 16.3. The summed E-state index contributed by atoms with van der Waals surface area (Å²) in [5, 5.41) is 14.3. The summed E-state index contributed by atoms with van der Waals surface area (Å²) in [6.07, 6.45) is 1.93. The number of amides is 1. The lowest BCUT2D eigenvalue weighted by atomic mass is 10.1. The summed E-state index contributed by atoms with van der Waals surface area (Å²) in [5.74, 6) is 0.168. The summed E-state index contributed by atoms with van der Waals surface area (Å²) >= 11 is 0. The van der Waals surface area contributed by atoms with Crippen molar-refractivity contribution in [2.24, 2.45) is 0 Å². The van der Waals surface area contributed by atoms with Crippen molar-refractivity contribution in [3.63, 3.8) is 0 Å². The fourth-order valence-corrected chi connectivity index (χ4v) is 3.19. The van der Waals surface area contributed by atoms with E-state index in [9.17, 15) is 9.18 Å². The molecular weight excluding hydrogens is 385 g/mol. The number of benzene rings is 2. The van der Waals surface area contributed by atoms with Crippen LogP contribution in [-0.4, -0.2) is 42.4 Å². The molecule has 1 fully saturated rings. The quantitative estimate of drug-likeness (QED) is 0.652. The number of hydrogen-bond donors (Lipinski definition) is 2. The van der Waals surface area contributed by atoms with Gasteiger partial charge in [-0.3, -0.25) is 4.79 Å². The van der Waals surface area contributed by atoms with Crippen LogP contribution in [0.4, 0.5) is 27.3 Å². The van der Waals surface area contributed by atoms with Gasteiger partial charge in [0.25, 0.3) is 0 Å². The van der Waals surface area contributed by atoms with Gasteiger partial charge in [0, 0.05) is 30.5 Å². The Morgan fingerprint density at radius 2 is 1.73 bits per heavy atom. The zero-order chi connectivity index (χ0) is 20.8. The van der Waals surface area contributed by atoms with Crippen LogP contribution in [0.5, 0.6) is 0 Å². The van der Waals surface area contributed by atoms with E-state index < -0.39 is 0 Å². The van der Waals surface area contributed by atoms with E-state index in [0.717, 1.165) is 30.0 Å². The van der Waals surface area contributed by atoms with Gasteiger partial charge in [-0.1, -0.05) is 12.1 Å². The second kappa shape index (κ2) is 9.32. The second-order valence-corrected chi connectivity index (χ2v) is 6.95. The molecule has 30 heavy (non-hydrogen) atoms. The summed E-state index contributed by atoms with van der Waals surface area (Å²) in [6.45, 7) is 3.08. The van der Waals surface area contributed by atoms with Gasteiger partial charge in [-0.15, -0.1) is 5.10 Å². The van der Waals surface area contributed by atoms with Crippen LogP contribution >= 0.6 is 0 Å². The topological polar surface area (TPSA) is 79.4 Å². The van der Waals surface area contributed by atoms with Crippen molar-refractivity contribution in [1.29, 1.82) is 0 Å². The minimum absolute atomic E-state index is 0.161. The van der Waals surface area contributed by atoms with Gasteiger partial charge in [-0.25, -0.2) is 4.39 Å². The number of aromatic nitrogens is 2. The summed E-state index contributed by atoms with van der Waals surface area (Å²) in [4.78, 5) is 14.4. The molecule has 0 unspecified atom stereocenters. The molecule has 8 heteroatoms. The van der Waals surface area contributed by atoms with Crippen LogP contribution in [0.25, 0.3) is 0 Å². The molecule has 0 spiro atoms. The molecule has 0 atom stereocenters. The van der Waals surface area contributed by atoms with E-state index >= 15 is 0 Å². The van der Waals surface area contributed by atoms with Crippen LogP contribution in [0.3, 0.4) is 0 Å². The summed E-state index contributed by atoms with van der Waals surface area (Å²) in [7, 11) is 0. The summed E-state index contributed by atoms with van der Waals surface area (Å²) in [5.41, 5.74) is 3.27. The van der Waals surface area contributed by atoms with E-state index in [0.29, 0.717) is 24.7 Å². The number of anilines is 4. The average molecular weight is 407 g/mol. The molecule has 0 saturated carbocycles. The zero-order valence-corrected chi connectivity index (χ0v) is 16.3. The average Bonchev–Trinajstić information content (AvgIpc) is 2.77. The molecule has 1 aliphatic rings. The van der Waals surface area contributed by atoms with Gasteiger partial charge in [0.15, 0.2) is 5.82 Å². The van der Waals surface area contributed by atoms with Gasteiger partial charge >= 0.3 is 0 Å². The number of nitrogens with zero attached hydrogens (tertiary/aromatic N) is 3. The number of carbonyl (C=O) groups excluding carboxylic acids is 1. The van der Waals surface area contributed by atoms with Crippen molar-refractivity contribution < 1.29 is 13.9 Å². The minimum Gasteiger partial charge on any atom is -0.378 e. The van der Waals surface area contributed by atoms with E-state index in [-0.39, 0.29) is 18.1 Å². The number of morpholine rings is 1. The highest BCUT2D eigenvalue weighted by Crippen LogP contribution is 2.21. The highest BCUT2D eigenvalue weighted by Gasteiger charge is 2.12. The summed E-state index contributed by atoms with van der Waals surface area (Å²) in [6, 6.07) is 15.2. The standard InChI is InChI=1S/C22H22FN5O2/c23-17-3-1-16(2-4-17)13-22(29)26-19-7-5-18(6-8-19)25-21-14-20(15-24-27-21)28-9-11-30-12-10-28/h1-8,14-15H,9-13H2,(H,25,27)(H,26,29). The largest absolute Gasteiger partial charge is 0.378 e. The monoisotopic (exact) mass is 407 g/mol. The molecule has 1 aromatic heterocycles. The Balaban J connectivity index is 1.34. The molecule has 7 nitrogen and oxygen atoms in total. The van der Waals surface area contributed by atoms with Crippen LogP contribution < -0.4 is 15.5 Å². The van der Waals surface area contributed by atoms with E-state index in [1.165, 1.54) is 12.1 Å². The number of ether oxygens (including phenoxy) is 1. The third kappa shape index (κ3) is 5.30. The molecule has 0 radical (unpaired) electrons. The number of rotatable bonds is 6. The SMILES string of the molecule is O=C(Cc1ccc(F)cc1)Nc1ccc(Nc2cc(N3CCOCC3)cnn2)cc1. The van der Waals surface area contributed by atoms with Crippen molar-refractivity contribution in [3.8, 4) is 0 Å². The number of halogens is 1. The maximum Gasteiger partial charge on any atom is 0.228 e. The van der Waals surface area contributed by atoms with Crippen LogP contribution in [0.1, 0.15) is 5.56 Å². The van der Waals surface area contributed by atoms with Crippen LogP contribution in [0, 0.1) is 5.82 Å². The van der Waals surface area contributed by atoms with Gasteiger partial charge in [-0.2, -0.15) is 5.10 Å². The smallest absolute Gasteiger partial charge is 0.228 e. The first-order valence-electron chi connectivity index (χ1n) is 9.72. The predicted molar refractivity (Wildman–Crippen MR) is 114 cm³/mol. The maximum atomic E-state index is 13.0. The number of carbonyl (C=O) groups is 1. The molecule has 0 aliphatic carbocycles. The fourth-order valence-electron chi connectivity index (χ4n) is 3.19. The van der Waals surface area contributed by atoms with Crippen molar-refractivity contribution in [3.05, 3.63) is 72.2 Å². The number of nitrogens with one attached hydrogen (secondary N) is 2. The summed E-state index contributed by atoms with van der Waals surface area (Å²) < 4.78 is 18.3. The normalized spacial score (nSPS) is 13.7. The van der Waals surface area contributed by atoms with E-state index in [1.54, 1.807) is 18.3 Å². The fraction of sp³-hybridized carbons (Fsp3) is 0.227. The molecule has 1 aliphatic heterocycles. The Bertz CT molecular complexity index is 989. The molecule has 3 aromatic rings. The van der Waals surface area contributed by atoms with Gasteiger partial charge < -0.3 is 20.3 Å². The van der Waals surface area contributed by atoms with Gasteiger partial charge in [0.2, 0.25) is 5.91 Å². The molecule has 2 aromatic carbocycles. The molecule has 4 rings (SSSR count). The van der Waals surface area contributed by atoms with Crippen molar-refractivity contribution >= 4 is 28.8 Å². The predicted octanol–water partition coefficient (Wildman–Crippen LogP) is 3.38. The Morgan fingerprint density at radius 1 is 1.03 bits per heavy atom. The third-order valence-corrected chi connectivity index (χ3v) is 4.74. The molecule has 1 saturated heterocycles.